The second-order valence-electron chi connectivity index (χ2n) is 11.7. The van der Waals surface area contributed by atoms with E-state index in [1.807, 2.05) is 24.3 Å². The van der Waals surface area contributed by atoms with Crippen molar-refractivity contribution in [2.75, 3.05) is 4.90 Å². The number of nitriles is 1. The van der Waals surface area contributed by atoms with Crippen molar-refractivity contribution in [3.8, 4) is 11.8 Å². The summed E-state index contributed by atoms with van der Waals surface area (Å²) >= 11 is 0. The monoisotopic (exact) mass is 515 g/mol. The van der Waals surface area contributed by atoms with Crippen molar-refractivity contribution in [2.45, 2.75) is 38.0 Å². The zero-order chi connectivity index (χ0) is 27.0. The Morgan fingerprint density at radius 2 is 1.40 bits per heavy atom. The molecule has 0 saturated heterocycles. The molecule has 1 aromatic heterocycles. The molecule has 3 nitrogen and oxygen atoms in total. The molecule has 0 unspecified atom stereocenters. The van der Waals surface area contributed by atoms with Crippen LogP contribution in [0.4, 0.5) is 17.1 Å². The number of aromatic nitrogens is 1. The molecule has 2 aliphatic rings. The maximum atomic E-state index is 9.40. The molecular formula is C37H29N3. The van der Waals surface area contributed by atoms with Crippen LogP contribution in [0.2, 0.25) is 0 Å². The summed E-state index contributed by atoms with van der Waals surface area (Å²) in [5, 5.41) is 11.9. The van der Waals surface area contributed by atoms with Crippen molar-refractivity contribution in [1.82, 2.24) is 4.57 Å². The smallest absolute Gasteiger partial charge is 0.0991 e. The fraction of sp³-hybridized carbons (Fsp3) is 0.162. The molecule has 0 spiro atoms. The van der Waals surface area contributed by atoms with E-state index in [2.05, 4.69) is 114 Å². The van der Waals surface area contributed by atoms with E-state index in [-0.39, 0.29) is 5.41 Å². The van der Waals surface area contributed by atoms with Crippen LogP contribution in [0, 0.1) is 11.3 Å². The fourth-order valence-electron chi connectivity index (χ4n) is 6.74. The largest absolute Gasteiger partial charge is 0.310 e. The maximum Gasteiger partial charge on any atom is 0.0991 e. The van der Waals surface area contributed by atoms with Crippen LogP contribution in [-0.2, 0) is 5.41 Å². The molecule has 6 aromatic rings. The normalized spacial score (nSPS) is 15.1. The molecule has 1 aliphatic carbocycles. The number of hydrogen-bond acceptors (Lipinski definition) is 2. The van der Waals surface area contributed by atoms with Gasteiger partial charge in [0.05, 0.1) is 28.4 Å². The van der Waals surface area contributed by atoms with Crippen LogP contribution in [0.1, 0.15) is 54.9 Å². The van der Waals surface area contributed by atoms with Gasteiger partial charge in [-0.1, -0.05) is 62.4 Å². The fourth-order valence-corrected chi connectivity index (χ4v) is 6.74. The average Bonchev–Trinajstić information content (AvgIpc) is 3.79. The number of anilines is 3. The summed E-state index contributed by atoms with van der Waals surface area (Å²) in [6, 6.07) is 41.6. The predicted molar refractivity (Wildman–Crippen MR) is 164 cm³/mol. The van der Waals surface area contributed by atoms with Gasteiger partial charge in [-0.15, -0.1) is 0 Å². The molecule has 40 heavy (non-hydrogen) atoms. The van der Waals surface area contributed by atoms with Gasteiger partial charge in [-0.05, 0) is 96.1 Å². The van der Waals surface area contributed by atoms with Crippen molar-refractivity contribution in [2.24, 2.45) is 0 Å². The molecular weight excluding hydrogens is 486 g/mol. The Bertz CT molecular complexity index is 1980. The number of para-hydroxylation sites is 2. The van der Waals surface area contributed by atoms with E-state index >= 15 is 0 Å². The van der Waals surface area contributed by atoms with Gasteiger partial charge in [0.15, 0.2) is 0 Å². The van der Waals surface area contributed by atoms with Gasteiger partial charge in [0.2, 0.25) is 0 Å². The van der Waals surface area contributed by atoms with Gasteiger partial charge in [-0.25, -0.2) is 0 Å². The number of fused-ring (bicyclic) bond motifs is 5. The lowest BCUT2D eigenvalue weighted by molar-refractivity contribution is 0.630. The van der Waals surface area contributed by atoms with Crippen LogP contribution in [0.25, 0.3) is 27.5 Å². The summed E-state index contributed by atoms with van der Waals surface area (Å²) in [7, 11) is 0. The average molecular weight is 516 g/mol. The first-order valence-corrected chi connectivity index (χ1v) is 14.1. The summed E-state index contributed by atoms with van der Waals surface area (Å²) in [4.78, 5) is 2.31. The van der Waals surface area contributed by atoms with Gasteiger partial charge in [-0.2, -0.15) is 5.26 Å². The quantitative estimate of drug-likeness (QED) is 0.234. The van der Waals surface area contributed by atoms with Crippen LogP contribution in [-0.4, -0.2) is 4.57 Å². The third kappa shape index (κ3) is 3.29. The lowest BCUT2D eigenvalue weighted by Gasteiger charge is -2.34. The summed E-state index contributed by atoms with van der Waals surface area (Å²) in [6.45, 7) is 4.68. The molecule has 2 heterocycles. The first-order valence-electron chi connectivity index (χ1n) is 14.1. The third-order valence-corrected chi connectivity index (χ3v) is 8.98. The molecule has 0 N–H and O–H groups in total. The van der Waals surface area contributed by atoms with E-state index in [4.69, 9.17) is 0 Å². The Hall–Kier alpha value is -4.81. The number of rotatable bonds is 4. The summed E-state index contributed by atoms with van der Waals surface area (Å²) in [6.07, 6.45) is 2.59. The van der Waals surface area contributed by atoms with Crippen LogP contribution in [0.3, 0.4) is 0 Å². The minimum absolute atomic E-state index is 0.0822. The highest BCUT2D eigenvalue weighted by molar-refractivity contribution is 6.12. The first-order chi connectivity index (χ1) is 19.5. The van der Waals surface area contributed by atoms with Crippen LogP contribution in [0.5, 0.6) is 0 Å². The van der Waals surface area contributed by atoms with E-state index in [1.54, 1.807) is 0 Å². The van der Waals surface area contributed by atoms with E-state index in [0.29, 0.717) is 5.56 Å². The van der Waals surface area contributed by atoms with Crippen LogP contribution < -0.4 is 4.90 Å². The second kappa shape index (κ2) is 8.34. The molecule has 5 aromatic carbocycles. The number of hydrogen-bond donors (Lipinski definition) is 0. The molecule has 0 atom stereocenters. The predicted octanol–water partition coefficient (Wildman–Crippen LogP) is 9.64. The van der Waals surface area contributed by atoms with E-state index in [1.165, 1.54) is 57.0 Å². The highest BCUT2D eigenvalue weighted by atomic mass is 15.1. The molecule has 0 radical (unpaired) electrons. The van der Waals surface area contributed by atoms with Gasteiger partial charge in [0.1, 0.15) is 0 Å². The van der Waals surface area contributed by atoms with Crippen molar-refractivity contribution in [3.05, 3.63) is 131 Å². The third-order valence-electron chi connectivity index (χ3n) is 8.98. The number of benzene rings is 5. The Kier molecular flexibility index (Phi) is 4.82. The zero-order valence-electron chi connectivity index (χ0n) is 22.7. The summed E-state index contributed by atoms with van der Waals surface area (Å²) in [5.41, 5.74) is 11.8. The Labute approximate surface area is 234 Å². The summed E-state index contributed by atoms with van der Waals surface area (Å²) in [5.74, 6) is 0.718. The molecule has 192 valence electrons. The SMILES string of the molecule is CC1(C)c2ccccc2-n2c3ccc(N(c4ccc(C#N)cc4)c4ccc(C5CC5)cc4)cc3c3cccc1c32. The standard InChI is InChI=1S/C37H29N3/c1-37(2)32-7-3-4-9-35(32)40-34-21-20-29(22-31(34)30-6-5-8-33(37)36(30)40)39(27-16-10-24(23-38)11-17-27)28-18-14-26(15-19-28)25-12-13-25/h3-11,14-22,25H,12-13H2,1-2H3. The van der Waals surface area contributed by atoms with Crippen LogP contribution >= 0.6 is 0 Å². The molecule has 0 bridgehead atoms. The minimum Gasteiger partial charge on any atom is -0.310 e. The number of nitrogens with zero attached hydrogens (tertiary/aromatic N) is 3. The summed E-state index contributed by atoms with van der Waals surface area (Å²) < 4.78 is 2.46. The van der Waals surface area contributed by atoms with Crippen molar-refractivity contribution >= 4 is 38.9 Å². The lowest BCUT2D eigenvalue weighted by Crippen LogP contribution is -2.26. The first kappa shape index (κ1) is 23.1. The molecule has 1 fully saturated rings. The van der Waals surface area contributed by atoms with Gasteiger partial charge >= 0.3 is 0 Å². The van der Waals surface area contributed by atoms with E-state index in [0.717, 1.165) is 23.0 Å². The maximum absolute atomic E-state index is 9.40. The van der Waals surface area contributed by atoms with Crippen molar-refractivity contribution in [1.29, 1.82) is 5.26 Å². The topological polar surface area (TPSA) is 32.0 Å². The highest BCUT2D eigenvalue weighted by Gasteiger charge is 2.34. The van der Waals surface area contributed by atoms with Gasteiger partial charge in [-0.3, -0.25) is 0 Å². The molecule has 8 rings (SSSR count). The van der Waals surface area contributed by atoms with E-state index in [9.17, 15) is 5.26 Å². The molecule has 3 heteroatoms. The molecule has 1 aliphatic heterocycles. The van der Waals surface area contributed by atoms with E-state index < -0.39 is 0 Å². The Morgan fingerprint density at radius 3 is 2.12 bits per heavy atom. The molecule has 1 saturated carbocycles. The highest BCUT2D eigenvalue weighted by Crippen LogP contribution is 2.48. The Balaban J connectivity index is 1.37. The van der Waals surface area contributed by atoms with Crippen molar-refractivity contribution < 1.29 is 0 Å². The minimum atomic E-state index is -0.0822. The second-order valence-corrected chi connectivity index (χ2v) is 11.7. The van der Waals surface area contributed by atoms with Crippen LogP contribution in [0.15, 0.2) is 109 Å². The van der Waals surface area contributed by atoms with Gasteiger partial charge in [0.25, 0.3) is 0 Å². The Morgan fingerprint density at radius 1 is 0.725 bits per heavy atom. The lowest BCUT2D eigenvalue weighted by atomic mass is 9.75. The van der Waals surface area contributed by atoms with Crippen molar-refractivity contribution in [3.63, 3.8) is 0 Å². The van der Waals surface area contributed by atoms with Gasteiger partial charge < -0.3 is 9.47 Å². The molecule has 0 amide bonds. The zero-order valence-corrected chi connectivity index (χ0v) is 22.7. The van der Waals surface area contributed by atoms with Gasteiger partial charge in [0, 0.05) is 33.2 Å².